The van der Waals surface area contributed by atoms with E-state index in [1.165, 1.54) is 0 Å². The Balaban J connectivity index is 2.66. The number of nitrogens with zero attached hydrogens (tertiary/aromatic N) is 1. The summed E-state index contributed by atoms with van der Waals surface area (Å²) in [7, 11) is 0. The van der Waals surface area contributed by atoms with Crippen molar-refractivity contribution >= 4 is 0 Å². The van der Waals surface area contributed by atoms with Crippen molar-refractivity contribution in [2.24, 2.45) is 0 Å². The fraction of sp³-hybridized carbons (Fsp3) is 1.00. The van der Waals surface area contributed by atoms with Gasteiger partial charge in [0.05, 0.1) is 0 Å². The molecule has 1 aliphatic rings. The average molecular weight is 143 g/mol. The van der Waals surface area contributed by atoms with Gasteiger partial charge < -0.3 is 0 Å². The summed E-state index contributed by atoms with van der Waals surface area (Å²) in [5, 5.41) is -0.766. The molecule has 0 N–H and O–H groups in total. The number of hydrogen-bond acceptors (Lipinski definition) is 1. The highest BCUT2D eigenvalue weighted by Crippen LogP contribution is 2.34. The summed E-state index contributed by atoms with van der Waals surface area (Å²) in [6.45, 7) is -0.520. The molecule has 0 bridgehead atoms. The number of hydrogen-bond donors (Lipinski definition) is 0. The zero-order valence-corrected chi connectivity index (χ0v) is 4.45. The molecule has 0 spiro atoms. The third kappa shape index (κ3) is 0.891. The molecule has 0 aliphatic carbocycles. The Bertz CT molecular complexity index is 103. The highest BCUT2D eigenvalue weighted by atomic mass is 19.3. The largest absolute Gasteiger partial charge is 0.360 e. The molecule has 0 aromatic rings. The Morgan fingerprint density at radius 3 is 2.11 bits per heavy atom. The molecule has 1 unspecified atom stereocenters. The lowest BCUT2D eigenvalue weighted by Crippen LogP contribution is -2.35. The van der Waals surface area contributed by atoms with Crippen molar-refractivity contribution in [3.8, 4) is 0 Å². The van der Waals surface area contributed by atoms with Crippen LogP contribution >= 0.6 is 0 Å². The maximum absolute atomic E-state index is 11.9. The van der Waals surface area contributed by atoms with E-state index < -0.39 is 30.3 Å². The first-order valence-corrected chi connectivity index (χ1v) is 2.50. The van der Waals surface area contributed by atoms with Crippen molar-refractivity contribution in [3.05, 3.63) is 0 Å². The first kappa shape index (κ1) is 6.80. The van der Waals surface area contributed by atoms with Crippen molar-refractivity contribution < 1.29 is 17.7 Å². The lowest BCUT2D eigenvalue weighted by Gasteiger charge is -2.14. The van der Waals surface area contributed by atoms with Crippen LogP contribution in [-0.2, 0) is 0 Å². The summed E-state index contributed by atoms with van der Waals surface area (Å²) in [5.41, 5.74) is 0. The summed E-state index contributed by atoms with van der Waals surface area (Å²) in [4.78, 5) is 0. The van der Waals surface area contributed by atoms with Crippen molar-refractivity contribution in [2.45, 2.75) is 18.6 Å². The van der Waals surface area contributed by atoms with E-state index in [0.717, 1.165) is 0 Å². The van der Waals surface area contributed by atoms with E-state index in [1.807, 2.05) is 0 Å². The molecule has 9 heavy (non-hydrogen) atoms. The Hall–Kier alpha value is -0.320. The van der Waals surface area contributed by atoms with Crippen LogP contribution < -0.4 is 0 Å². The van der Waals surface area contributed by atoms with E-state index in [4.69, 9.17) is 0 Å². The monoisotopic (exact) mass is 143 g/mol. The van der Waals surface area contributed by atoms with Crippen LogP contribution in [-0.4, -0.2) is 23.9 Å². The van der Waals surface area contributed by atoms with Crippen LogP contribution in [0.3, 0.4) is 0 Å². The molecule has 1 atom stereocenters. The maximum atomic E-state index is 11.9. The van der Waals surface area contributed by atoms with Crippen molar-refractivity contribution in [2.75, 3.05) is 6.54 Å². The fourth-order valence-electron chi connectivity index (χ4n) is 0.701. The Labute approximate surface area is 49.2 Å². The zero-order chi connectivity index (χ0) is 7.07. The Kier molecular flexibility index (Phi) is 1.38. The highest BCUT2D eigenvalue weighted by molar-refractivity contribution is 4.81. The maximum Gasteiger partial charge on any atom is 0.360 e. The van der Waals surface area contributed by atoms with Crippen LogP contribution in [0.15, 0.2) is 0 Å². The Morgan fingerprint density at radius 2 is 2.00 bits per heavy atom. The first-order valence-electron chi connectivity index (χ1n) is 2.50. The van der Waals surface area contributed by atoms with Gasteiger partial charge in [0.25, 0.3) is 0 Å². The molecule has 0 radical (unpaired) electrons. The molecular weight excluding hydrogens is 138 g/mol. The number of halogens is 4. The van der Waals surface area contributed by atoms with Crippen LogP contribution in [0.4, 0.5) is 17.7 Å². The lowest BCUT2D eigenvalue weighted by molar-refractivity contribution is -0.230. The van der Waals surface area contributed by atoms with Crippen LogP contribution in [0, 0.1) is 0 Å². The van der Waals surface area contributed by atoms with Crippen molar-refractivity contribution in [1.82, 2.24) is 5.12 Å². The minimum atomic E-state index is -3.89. The second-order valence-corrected chi connectivity index (χ2v) is 1.93. The van der Waals surface area contributed by atoms with Crippen molar-refractivity contribution in [3.63, 3.8) is 0 Å². The van der Waals surface area contributed by atoms with Crippen LogP contribution in [0.5, 0.6) is 0 Å². The third-order valence-electron chi connectivity index (χ3n) is 1.28. The molecule has 1 heterocycles. The van der Waals surface area contributed by atoms with Gasteiger partial charge in [-0.2, -0.15) is 8.78 Å². The zero-order valence-electron chi connectivity index (χ0n) is 4.45. The van der Waals surface area contributed by atoms with Gasteiger partial charge in [-0.05, 0) is 0 Å². The van der Waals surface area contributed by atoms with Gasteiger partial charge in [-0.1, -0.05) is 5.12 Å². The van der Waals surface area contributed by atoms with Gasteiger partial charge >= 0.3 is 6.05 Å². The van der Waals surface area contributed by atoms with E-state index in [-0.39, 0.29) is 0 Å². The predicted molar refractivity (Wildman–Crippen MR) is 22.3 cm³/mol. The van der Waals surface area contributed by atoms with Gasteiger partial charge in [-0.3, -0.25) is 0 Å². The molecular formula is C4H5F4N. The van der Waals surface area contributed by atoms with Gasteiger partial charge in [0.15, 0.2) is 6.17 Å². The molecule has 1 saturated heterocycles. The molecule has 54 valence electrons. The predicted octanol–water partition coefficient (Wildman–Crippen LogP) is 1.51. The van der Waals surface area contributed by atoms with Crippen molar-refractivity contribution in [1.29, 1.82) is 0 Å². The average Bonchev–Trinajstić information content (AvgIpc) is 1.96. The van der Waals surface area contributed by atoms with Gasteiger partial charge in [0.2, 0.25) is 0 Å². The molecule has 0 amide bonds. The minimum Gasteiger partial charge on any atom is -0.239 e. The minimum absolute atomic E-state index is 0.427. The number of rotatable bonds is 0. The topological polar surface area (TPSA) is 3.24 Å². The van der Waals surface area contributed by atoms with Crippen LogP contribution in [0.25, 0.3) is 0 Å². The molecule has 1 nitrogen and oxygen atoms in total. The molecule has 1 aliphatic heterocycles. The third-order valence-corrected chi connectivity index (χ3v) is 1.28. The summed E-state index contributed by atoms with van der Waals surface area (Å²) in [6.07, 6.45) is -2.77. The van der Waals surface area contributed by atoms with Gasteiger partial charge in [0.1, 0.15) is 0 Å². The van der Waals surface area contributed by atoms with E-state index >= 15 is 0 Å². The molecule has 1 fully saturated rings. The van der Waals surface area contributed by atoms with E-state index in [1.54, 1.807) is 0 Å². The van der Waals surface area contributed by atoms with Gasteiger partial charge in [0, 0.05) is 13.0 Å². The highest BCUT2D eigenvalue weighted by Gasteiger charge is 2.52. The molecule has 0 saturated carbocycles. The lowest BCUT2D eigenvalue weighted by atomic mass is 10.3. The number of alkyl halides is 3. The second kappa shape index (κ2) is 1.83. The SMILES string of the molecule is FC1CCN(F)C1(F)F. The van der Waals surface area contributed by atoms with Gasteiger partial charge in [-0.15, -0.1) is 4.48 Å². The Morgan fingerprint density at radius 1 is 1.44 bits per heavy atom. The molecule has 1 rings (SSSR count). The van der Waals surface area contributed by atoms with E-state index in [2.05, 4.69) is 0 Å². The van der Waals surface area contributed by atoms with Gasteiger partial charge in [-0.25, -0.2) is 4.39 Å². The summed E-state index contributed by atoms with van der Waals surface area (Å²) in [6, 6.07) is -3.89. The molecule has 0 aromatic heterocycles. The van der Waals surface area contributed by atoms with Crippen LogP contribution in [0.2, 0.25) is 0 Å². The summed E-state index contributed by atoms with van der Waals surface area (Å²) >= 11 is 0. The second-order valence-electron chi connectivity index (χ2n) is 1.93. The smallest absolute Gasteiger partial charge is 0.239 e. The fourth-order valence-corrected chi connectivity index (χ4v) is 0.701. The van der Waals surface area contributed by atoms with Crippen LogP contribution in [0.1, 0.15) is 6.42 Å². The first-order chi connectivity index (χ1) is 4.05. The molecule has 5 heteroatoms. The normalized spacial score (nSPS) is 35.3. The van der Waals surface area contributed by atoms with E-state index in [0.29, 0.717) is 0 Å². The molecule has 0 aromatic carbocycles. The summed E-state index contributed by atoms with van der Waals surface area (Å²) < 4.78 is 47.5. The van der Waals surface area contributed by atoms with E-state index in [9.17, 15) is 17.7 Å². The summed E-state index contributed by atoms with van der Waals surface area (Å²) in [5.74, 6) is 0. The standard InChI is InChI=1S/C4H5F4N/c5-3-1-2-9(8)4(3,6)7/h3H,1-2H2. The quantitative estimate of drug-likeness (QED) is 0.282.